The van der Waals surface area contributed by atoms with Crippen LogP contribution in [0.2, 0.25) is 0 Å². The first-order valence-corrected chi connectivity index (χ1v) is 5.44. The molecule has 5 nitrogen and oxygen atoms in total. The molecule has 0 bridgehead atoms. The number of halogens is 1. The second-order valence-electron chi connectivity index (χ2n) is 3.75. The van der Waals surface area contributed by atoms with E-state index in [-0.39, 0.29) is 6.54 Å². The maximum absolute atomic E-state index is 10.6. The number of aliphatic carboxylic acids is 1. The van der Waals surface area contributed by atoms with E-state index >= 15 is 0 Å². The summed E-state index contributed by atoms with van der Waals surface area (Å²) in [7, 11) is 0. The smallest absolute Gasteiger partial charge is 0.337 e. The summed E-state index contributed by atoms with van der Waals surface area (Å²) in [6, 6.07) is 1.77. The predicted octanol–water partition coefficient (Wildman–Crippen LogP) is 1.40. The fourth-order valence-electron chi connectivity index (χ4n) is 0.974. The zero-order valence-electron chi connectivity index (χ0n) is 8.99. The van der Waals surface area contributed by atoms with Gasteiger partial charge in [0.25, 0.3) is 0 Å². The van der Waals surface area contributed by atoms with Crippen LogP contribution in [0.3, 0.4) is 0 Å². The number of nitrogens with one attached hydrogen (secondary N) is 1. The number of nitrogens with zero attached hydrogens (tertiary/aromatic N) is 1. The normalized spacial score (nSPS) is 14.2. The fourth-order valence-corrected chi connectivity index (χ4v) is 1.19. The predicted molar refractivity (Wildman–Crippen MR) is 63.4 cm³/mol. The van der Waals surface area contributed by atoms with Crippen molar-refractivity contribution >= 4 is 27.7 Å². The molecule has 1 rings (SSSR count). The van der Waals surface area contributed by atoms with Crippen molar-refractivity contribution in [2.75, 3.05) is 11.9 Å². The standard InChI is InChI=1S/C10H13BrN2O3/c1-6-3-8(12-4-7(6)11)13-5-10(2,16)9(14)15/h3-4,16H,5H2,1-2H3,(H,12,13)(H,14,15). The van der Waals surface area contributed by atoms with Crippen molar-refractivity contribution in [1.29, 1.82) is 0 Å². The highest BCUT2D eigenvalue weighted by atomic mass is 79.9. The van der Waals surface area contributed by atoms with Gasteiger partial charge in [0.15, 0.2) is 5.60 Å². The maximum atomic E-state index is 10.6. The van der Waals surface area contributed by atoms with Crippen molar-refractivity contribution in [1.82, 2.24) is 4.98 Å². The molecule has 0 aliphatic rings. The van der Waals surface area contributed by atoms with Gasteiger partial charge in [-0.1, -0.05) is 0 Å². The van der Waals surface area contributed by atoms with Crippen molar-refractivity contribution in [3.63, 3.8) is 0 Å². The number of carbonyl (C=O) groups is 1. The second kappa shape index (κ2) is 4.80. The minimum absolute atomic E-state index is 0.101. The number of anilines is 1. The molecule has 0 spiro atoms. The molecular formula is C10H13BrN2O3. The molecule has 88 valence electrons. The lowest BCUT2D eigenvalue weighted by molar-refractivity contribution is -0.155. The Morgan fingerprint density at radius 3 is 2.81 bits per heavy atom. The number of aliphatic hydroxyl groups is 1. The Kier molecular flexibility index (Phi) is 3.88. The van der Waals surface area contributed by atoms with E-state index in [0.29, 0.717) is 5.82 Å². The molecule has 3 N–H and O–H groups in total. The molecule has 0 amide bonds. The van der Waals surface area contributed by atoms with Gasteiger partial charge in [-0.05, 0) is 41.4 Å². The first-order valence-electron chi connectivity index (χ1n) is 4.65. The Hall–Kier alpha value is -1.14. The number of carboxylic acids is 1. The lowest BCUT2D eigenvalue weighted by Gasteiger charge is -2.18. The van der Waals surface area contributed by atoms with E-state index in [1.54, 1.807) is 12.3 Å². The third-order valence-electron chi connectivity index (χ3n) is 2.12. The molecule has 0 saturated heterocycles. The molecule has 1 aromatic rings. The summed E-state index contributed by atoms with van der Waals surface area (Å²) in [4.78, 5) is 14.7. The molecule has 0 aromatic carbocycles. The summed E-state index contributed by atoms with van der Waals surface area (Å²) in [5.41, 5.74) is -0.824. The largest absolute Gasteiger partial charge is 0.479 e. The number of hydrogen-bond acceptors (Lipinski definition) is 4. The molecule has 16 heavy (non-hydrogen) atoms. The lowest BCUT2D eigenvalue weighted by Crippen LogP contribution is -2.41. The van der Waals surface area contributed by atoms with Crippen LogP contribution in [-0.4, -0.2) is 33.3 Å². The van der Waals surface area contributed by atoms with Gasteiger partial charge in [-0.15, -0.1) is 0 Å². The van der Waals surface area contributed by atoms with Crippen LogP contribution in [0.15, 0.2) is 16.7 Å². The zero-order valence-corrected chi connectivity index (χ0v) is 10.6. The van der Waals surface area contributed by atoms with Crippen LogP contribution in [0.5, 0.6) is 0 Å². The molecule has 0 radical (unpaired) electrons. The number of hydrogen-bond donors (Lipinski definition) is 3. The van der Waals surface area contributed by atoms with E-state index in [4.69, 9.17) is 5.11 Å². The third kappa shape index (κ3) is 3.18. The number of carboxylic acid groups (broad SMARTS) is 1. The summed E-state index contributed by atoms with van der Waals surface area (Å²) >= 11 is 3.31. The summed E-state index contributed by atoms with van der Waals surface area (Å²) < 4.78 is 0.878. The molecule has 1 unspecified atom stereocenters. The van der Waals surface area contributed by atoms with Crippen LogP contribution >= 0.6 is 15.9 Å². The monoisotopic (exact) mass is 288 g/mol. The Balaban J connectivity index is 2.68. The van der Waals surface area contributed by atoms with Crippen LogP contribution in [-0.2, 0) is 4.79 Å². The second-order valence-corrected chi connectivity index (χ2v) is 4.61. The number of aromatic nitrogens is 1. The molecule has 1 heterocycles. The van der Waals surface area contributed by atoms with Gasteiger partial charge in [0, 0.05) is 10.7 Å². The highest BCUT2D eigenvalue weighted by Gasteiger charge is 2.29. The molecule has 6 heteroatoms. The van der Waals surface area contributed by atoms with Crippen LogP contribution in [0, 0.1) is 6.92 Å². The van der Waals surface area contributed by atoms with Gasteiger partial charge < -0.3 is 15.5 Å². The van der Waals surface area contributed by atoms with Gasteiger partial charge in [0.2, 0.25) is 0 Å². The van der Waals surface area contributed by atoms with E-state index in [1.165, 1.54) is 6.92 Å². The van der Waals surface area contributed by atoms with Gasteiger partial charge >= 0.3 is 5.97 Å². The van der Waals surface area contributed by atoms with Crippen LogP contribution < -0.4 is 5.32 Å². The quantitative estimate of drug-likeness (QED) is 0.780. The minimum Gasteiger partial charge on any atom is -0.479 e. The molecule has 1 atom stereocenters. The van der Waals surface area contributed by atoms with Crippen molar-refractivity contribution in [3.8, 4) is 0 Å². The van der Waals surface area contributed by atoms with Gasteiger partial charge in [0.05, 0.1) is 6.54 Å². The number of aryl methyl sites for hydroxylation is 1. The van der Waals surface area contributed by atoms with Gasteiger partial charge in [-0.3, -0.25) is 0 Å². The van der Waals surface area contributed by atoms with Gasteiger partial charge in [0.1, 0.15) is 5.82 Å². The lowest BCUT2D eigenvalue weighted by atomic mass is 10.1. The number of pyridine rings is 1. The van der Waals surface area contributed by atoms with E-state index in [9.17, 15) is 9.90 Å². The summed E-state index contributed by atoms with van der Waals surface area (Å²) in [6.45, 7) is 3.02. The molecular weight excluding hydrogens is 276 g/mol. The average molecular weight is 289 g/mol. The van der Waals surface area contributed by atoms with E-state index in [1.807, 2.05) is 6.92 Å². The molecule has 0 fully saturated rings. The summed E-state index contributed by atoms with van der Waals surface area (Å²) in [5, 5.41) is 20.9. The SMILES string of the molecule is Cc1cc(NCC(C)(O)C(=O)O)ncc1Br. The van der Waals surface area contributed by atoms with Crippen molar-refractivity contribution in [2.24, 2.45) is 0 Å². The van der Waals surface area contributed by atoms with Crippen molar-refractivity contribution in [2.45, 2.75) is 19.4 Å². The van der Waals surface area contributed by atoms with Crippen LogP contribution in [0.25, 0.3) is 0 Å². The number of rotatable bonds is 4. The first-order chi connectivity index (χ1) is 7.33. The van der Waals surface area contributed by atoms with E-state index in [2.05, 4.69) is 26.2 Å². The first kappa shape index (κ1) is 12.9. The molecule has 0 aliphatic carbocycles. The van der Waals surface area contributed by atoms with Gasteiger partial charge in [-0.25, -0.2) is 9.78 Å². The average Bonchev–Trinajstić information content (AvgIpc) is 2.20. The zero-order chi connectivity index (χ0) is 12.3. The fraction of sp³-hybridized carbons (Fsp3) is 0.400. The summed E-state index contributed by atoms with van der Waals surface area (Å²) in [6.07, 6.45) is 1.62. The molecule has 0 saturated carbocycles. The Labute approximate surface area is 102 Å². The Morgan fingerprint density at radius 1 is 1.69 bits per heavy atom. The summed E-state index contributed by atoms with van der Waals surface area (Å²) in [5.74, 6) is -0.740. The maximum Gasteiger partial charge on any atom is 0.337 e. The van der Waals surface area contributed by atoms with E-state index < -0.39 is 11.6 Å². The molecule has 1 aromatic heterocycles. The molecule has 0 aliphatic heterocycles. The minimum atomic E-state index is -1.80. The van der Waals surface area contributed by atoms with Gasteiger partial charge in [-0.2, -0.15) is 0 Å². The topological polar surface area (TPSA) is 82.5 Å². The van der Waals surface area contributed by atoms with Crippen LogP contribution in [0.4, 0.5) is 5.82 Å². The Morgan fingerprint density at radius 2 is 2.31 bits per heavy atom. The highest BCUT2D eigenvalue weighted by molar-refractivity contribution is 9.10. The van der Waals surface area contributed by atoms with E-state index in [0.717, 1.165) is 10.0 Å². The van der Waals surface area contributed by atoms with Crippen molar-refractivity contribution in [3.05, 3.63) is 22.3 Å². The third-order valence-corrected chi connectivity index (χ3v) is 2.95. The Bertz CT molecular complexity index is 407. The van der Waals surface area contributed by atoms with Crippen LogP contribution in [0.1, 0.15) is 12.5 Å². The van der Waals surface area contributed by atoms with Crippen molar-refractivity contribution < 1.29 is 15.0 Å². The highest BCUT2D eigenvalue weighted by Crippen LogP contribution is 2.17.